The number of ether oxygens (including phenoxy) is 1. The van der Waals surface area contributed by atoms with Gasteiger partial charge in [0.1, 0.15) is 11.8 Å². The van der Waals surface area contributed by atoms with Gasteiger partial charge in [-0.1, -0.05) is 0 Å². The molecule has 0 aromatic heterocycles. The number of benzene rings is 1. The smallest absolute Gasteiger partial charge is 0.387 e. The third-order valence-corrected chi connectivity index (χ3v) is 3.53. The number of alkyl halides is 2. The van der Waals surface area contributed by atoms with Crippen LogP contribution in [-0.4, -0.2) is 6.61 Å². The normalized spacial score (nSPS) is 10.0. The molecule has 14 heavy (non-hydrogen) atoms. The molecule has 1 aromatic rings. The molecule has 0 unspecified atom stereocenters. The third kappa shape index (κ3) is 2.42. The molecule has 0 amide bonds. The summed E-state index contributed by atoms with van der Waals surface area (Å²) >= 11 is 6.13. The van der Waals surface area contributed by atoms with Gasteiger partial charge in [-0.2, -0.15) is 14.0 Å². The first-order valence-electron chi connectivity index (χ1n) is 3.39. The lowest BCUT2D eigenvalue weighted by molar-refractivity contribution is -0.0504. The molecule has 1 rings (SSSR count). The summed E-state index contributed by atoms with van der Waals surface area (Å²) in [6.45, 7) is -2.88. The van der Waals surface area contributed by atoms with Crippen LogP contribution in [0.1, 0.15) is 5.56 Å². The predicted octanol–water partition coefficient (Wildman–Crippen LogP) is 3.68. The van der Waals surface area contributed by atoms with Crippen molar-refractivity contribution in [3.63, 3.8) is 0 Å². The zero-order chi connectivity index (χ0) is 10.7. The van der Waals surface area contributed by atoms with Crippen molar-refractivity contribution >= 4 is 31.9 Å². The van der Waals surface area contributed by atoms with E-state index in [1.54, 1.807) is 0 Å². The fourth-order valence-corrected chi connectivity index (χ4v) is 1.66. The number of rotatable bonds is 2. The minimum absolute atomic E-state index is 0.00845. The molecule has 0 atom stereocenters. The average molecular weight is 327 g/mol. The molecule has 0 N–H and O–H groups in total. The largest absolute Gasteiger partial charge is 0.434 e. The van der Waals surface area contributed by atoms with Gasteiger partial charge in [0.05, 0.1) is 14.5 Å². The van der Waals surface area contributed by atoms with Gasteiger partial charge in [0, 0.05) is 0 Å². The summed E-state index contributed by atoms with van der Waals surface area (Å²) in [5.74, 6) is -0.00845. The third-order valence-electron chi connectivity index (χ3n) is 1.38. The molecule has 0 aliphatic heterocycles. The molecule has 0 radical (unpaired) electrons. The van der Waals surface area contributed by atoms with Crippen LogP contribution in [0.3, 0.4) is 0 Å². The first-order chi connectivity index (χ1) is 6.56. The molecule has 1 aromatic carbocycles. The lowest BCUT2D eigenvalue weighted by Crippen LogP contribution is -2.02. The Bertz CT molecular complexity index is 390. The lowest BCUT2D eigenvalue weighted by atomic mass is 10.2. The molecule has 0 heterocycles. The van der Waals surface area contributed by atoms with Gasteiger partial charge in [0.15, 0.2) is 0 Å². The van der Waals surface area contributed by atoms with E-state index >= 15 is 0 Å². The summed E-state index contributed by atoms with van der Waals surface area (Å²) in [6.07, 6.45) is 0. The van der Waals surface area contributed by atoms with E-state index in [-0.39, 0.29) is 5.75 Å². The summed E-state index contributed by atoms with van der Waals surface area (Å²) in [4.78, 5) is 0. The maximum Gasteiger partial charge on any atom is 0.387 e. The molecule has 2 nitrogen and oxygen atoms in total. The van der Waals surface area contributed by atoms with Crippen LogP contribution in [0.25, 0.3) is 0 Å². The molecule has 6 heteroatoms. The van der Waals surface area contributed by atoms with Crippen LogP contribution in [0, 0.1) is 11.3 Å². The van der Waals surface area contributed by atoms with Crippen molar-refractivity contribution in [1.29, 1.82) is 5.26 Å². The van der Waals surface area contributed by atoms with Crippen molar-refractivity contribution < 1.29 is 13.5 Å². The van der Waals surface area contributed by atoms with Crippen LogP contribution in [0.5, 0.6) is 5.75 Å². The fourth-order valence-electron chi connectivity index (χ4n) is 0.805. The Kier molecular flexibility index (Phi) is 3.84. The molecular weight excluding hydrogens is 324 g/mol. The predicted molar refractivity (Wildman–Crippen MR) is 53.2 cm³/mol. The highest BCUT2D eigenvalue weighted by Crippen LogP contribution is 2.35. The summed E-state index contributed by atoms with van der Waals surface area (Å²) in [5.41, 5.74) is 0.346. The zero-order valence-corrected chi connectivity index (χ0v) is 9.77. The van der Waals surface area contributed by atoms with E-state index in [1.165, 1.54) is 12.1 Å². The Morgan fingerprint density at radius 1 is 1.29 bits per heavy atom. The molecule has 0 bridgehead atoms. The second-order valence-electron chi connectivity index (χ2n) is 2.23. The van der Waals surface area contributed by atoms with E-state index in [2.05, 4.69) is 36.6 Å². The summed E-state index contributed by atoms with van der Waals surface area (Å²) < 4.78 is 28.7. The average Bonchev–Trinajstić information content (AvgIpc) is 2.13. The van der Waals surface area contributed by atoms with E-state index < -0.39 is 6.61 Å². The standard InChI is InChI=1S/C8H3Br2F2NO/c9-6-4(3-13)1-2-5(7(6)10)14-8(11)12/h1-2,8H. The van der Waals surface area contributed by atoms with Gasteiger partial charge in [0.25, 0.3) is 0 Å². The zero-order valence-electron chi connectivity index (χ0n) is 6.60. The van der Waals surface area contributed by atoms with Crippen molar-refractivity contribution in [2.45, 2.75) is 6.61 Å². The van der Waals surface area contributed by atoms with Crippen molar-refractivity contribution in [1.82, 2.24) is 0 Å². The van der Waals surface area contributed by atoms with Crippen LogP contribution in [-0.2, 0) is 0 Å². The van der Waals surface area contributed by atoms with Crippen LogP contribution in [0.15, 0.2) is 21.1 Å². The Morgan fingerprint density at radius 3 is 2.43 bits per heavy atom. The molecular formula is C8H3Br2F2NO. The molecule has 0 aliphatic carbocycles. The van der Waals surface area contributed by atoms with E-state index in [0.29, 0.717) is 14.5 Å². The second kappa shape index (κ2) is 4.71. The quantitative estimate of drug-likeness (QED) is 0.830. The van der Waals surface area contributed by atoms with Crippen molar-refractivity contribution in [2.24, 2.45) is 0 Å². The monoisotopic (exact) mass is 325 g/mol. The Labute approximate surface area is 95.7 Å². The number of nitrogens with zero attached hydrogens (tertiary/aromatic N) is 1. The van der Waals surface area contributed by atoms with Gasteiger partial charge in [-0.3, -0.25) is 0 Å². The van der Waals surface area contributed by atoms with Crippen LogP contribution in [0.4, 0.5) is 8.78 Å². The number of hydrogen-bond donors (Lipinski definition) is 0. The molecule has 0 saturated heterocycles. The number of halogens is 4. The van der Waals surface area contributed by atoms with Gasteiger partial charge in [-0.05, 0) is 44.0 Å². The van der Waals surface area contributed by atoms with Gasteiger partial charge in [0.2, 0.25) is 0 Å². The first kappa shape index (κ1) is 11.4. The highest BCUT2D eigenvalue weighted by molar-refractivity contribution is 9.13. The summed E-state index contributed by atoms with van der Waals surface area (Å²) in [6, 6.07) is 4.60. The highest BCUT2D eigenvalue weighted by atomic mass is 79.9. The maximum absolute atomic E-state index is 11.9. The topological polar surface area (TPSA) is 33.0 Å². The van der Waals surface area contributed by atoms with Gasteiger partial charge in [-0.15, -0.1) is 0 Å². The highest BCUT2D eigenvalue weighted by Gasteiger charge is 2.13. The number of hydrogen-bond acceptors (Lipinski definition) is 2. The molecule has 0 fully saturated rings. The minimum Gasteiger partial charge on any atom is -0.434 e. The summed E-state index contributed by atoms with van der Waals surface area (Å²) in [5, 5.41) is 8.63. The minimum atomic E-state index is -2.88. The van der Waals surface area contributed by atoms with Crippen molar-refractivity contribution in [3.05, 3.63) is 26.6 Å². The van der Waals surface area contributed by atoms with Crippen LogP contribution >= 0.6 is 31.9 Å². The van der Waals surface area contributed by atoms with Crippen molar-refractivity contribution in [2.75, 3.05) is 0 Å². The van der Waals surface area contributed by atoms with E-state index in [4.69, 9.17) is 5.26 Å². The SMILES string of the molecule is N#Cc1ccc(OC(F)F)c(Br)c1Br. The molecule has 0 aliphatic rings. The fraction of sp³-hybridized carbons (Fsp3) is 0.125. The maximum atomic E-state index is 11.9. The molecule has 0 spiro atoms. The van der Waals surface area contributed by atoms with Crippen LogP contribution < -0.4 is 4.74 Å². The summed E-state index contributed by atoms with van der Waals surface area (Å²) in [7, 11) is 0. The second-order valence-corrected chi connectivity index (χ2v) is 3.82. The Balaban J connectivity index is 3.12. The van der Waals surface area contributed by atoms with Gasteiger partial charge >= 0.3 is 6.61 Å². The van der Waals surface area contributed by atoms with Crippen molar-refractivity contribution in [3.8, 4) is 11.8 Å². The van der Waals surface area contributed by atoms with Gasteiger partial charge < -0.3 is 4.74 Å². The molecule has 0 saturated carbocycles. The van der Waals surface area contributed by atoms with Gasteiger partial charge in [-0.25, -0.2) is 0 Å². The van der Waals surface area contributed by atoms with Crippen LogP contribution in [0.2, 0.25) is 0 Å². The Hall–Kier alpha value is -0.670. The molecule has 74 valence electrons. The van der Waals surface area contributed by atoms with E-state index in [9.17, 15) is 8.78 Å². The van der Waals surface area contributed by atoms with E-state index in [1.807, 2.05) is 6.07 Å². The number of nitriles is 1. The first-order valence-corrected chi connectivity index (χ1v) is 4.97. The Morgan fingerprint density at radius 2 is 1.93 bits per heavy atom. The van der Waals surface area contributed by atoms with E-state index in [0.717, 1.165) is 0 Å². The lowest BCUT2D eigenvalue weighted by Gasteiger charge is -2.08.